The first-order chi connectivity index (χ1) is 21.3. The largest absolute Gasteiger partial charge is 0.381 e. The molecule has 3 atom stereocenters. The zero-order valence-electron chi connectivity index (χ0n) is 25.3. The first-order valence-corrected chi connectivity index (χ1v) is 15.7. The molecule has 0 aliphatic carbocycles. The average molecular weight is 619 g/mol. The van der Waals surface area contributed by atoms with Crippen molar-refractivity contribution >= 4 is 35.2 Å². The number of carbonyl (C=O) groups is 2. The minimum Gasteiger partial charge on any atom is -0.381 e. The van der Waals surface area contributed by atoms with E-state index in [1.54, 1.807) is 18.0 Å². The molecule has 0 spiro atoms. The molecular weight excluding hydrogens is 580 g/mol. The van der Waals surface area contributed by atoms with Gasteiger partial charge in [-0.25, -0.2) is 15.0 Å². The number of ether oxygens (including phenoxy) is 1. The molecule has 2 amide bonds. The van der Waals surface area contributed by atoms with E-state index in [1.807, 2.05) is 43.3 Å². The number of anilines is 2. The van der Waals surface area contributed by atoms with Gasteiger partial charge in [0, 0.05) is 62.6 Å². The molecule has 0 saturated carbocycles. The number of fused-ring (bicyclic) bond motifs is 1. The van der Waals surface area contributed by atoms with Crippen molar-refractivity contribution in [2.24, 2.45) is 0 Å². The third kappa shape index (κ3) is 6.50. The molecule has 12 heteroatoms. The first-order valence-electron chi connectivity index (χ1n) is 15.3. The Hall–Kier alpha value is -3.80. The van der Waals surface area contributed by atoms with Gasteiger partial charge >= 0.3 is 0 Å². The van der Waals surface area contributed by atoms with Gasteiger partial charge in [-0.1, -0.05) is 29.8 Å². The van der Waals surface area contributed by atoms with E-state index in [9.17, 15) is 9.59 Å². The fraction of sp³-hybridized carbons (Fsp3) is 0.469. The maximum absolute atomic E-state index is 13.6. The van der Waals surface area contributed by atoms with E-state index in [0.29, 0.717) is 48.0 Å². The van der Waals surface area contributed by atoms with E-state index in [1.165, 1.54) is 0 Å². The van der Waals surface area contributed by atoms with Gasteiger partial charge in [0.2, 0.25) is 11.9 Å². The Morgan fingerprint density at radius 3 is 2.77 bits per heavy atom. The lowest BCUT2D eigenvalue weighted by Gasteiger charge is -2.33. The van der Waals surface area contributed by atoms with Crippen molar-refractivity contribution in [2.75, 3.05) is 43.1 Å². The zero-order valence-corrected chi connectivity index (χ0v) is 26.1. The van der Waals surface area contributed by atoms with E-state index in [-0.39, 0.29) is 23.9 Å². The number of pyridine rings is 1. The van der Waals surface area contributed by atoms with E-state index >= 15 is 0 Å². The molecule has 11 nitrogen and oxygen atoms in total. The van der Waals surface area contributed by atoms with Crippen molar-refractivity contribution in [3.05, 3.63) is 64.4 Å². The molecule has 2 fully saturated rings. The van der Waals surface area contributed by atoms with Crippen LogP contribution in [0.4, 0.5) is 11.8 Å². The number of nitrogens with one attached hydrogen (secondary N) is 3. The third-order valence-corrected chi connectivity index (χ3v) is 8.89. The second kappa shape index (κ2) is 13.1. The molecule has 3 N–H and O–H groups in total. The van der Waals surface area contributed by atoms with Gasteiger partial charge in [0.25, 0.3) is 5.91 Å². The van der Waals surface area contributed by atoms with Gasteiger partial charge in [0.15, 0.2) is 0 Å². The van der Waals surface area contributed by atoms with Crippen LogP contribution >= 0.6 is 11.6 Å². The summed E-state index contributed by atoms with van der Waals surface area (Å²) in [6, 6.07) is 11.2. The van der Waals surface area contributed by atoms with Gasteiger partial charge < -0.3 is 30.5 Å². The van der Waals surface area contributed by atoms with Crippen molar-refractivity contribution < 1.29 is 14.3 Å². The lowest BCUT2D eigenvalue weighted by molar-refractivity contribution is -0.125. The predicted molar refractivity (Wildman–Crippen MR) is 170 cm³/mol. The molecule has 44 heavy (non-hydrogen) atoms. The van der Waals surface area contributed by atoms with Crippen LogP contribution in [-0.2, 0) is 16.1 Å². The van der Waals surface area contributed by atoms with Crippen LogP contribution in [0.1, 0.15) is 61.3 Å². The highest BCUT2D eigenvalue weighted by Gasteiger charge is 2.35. The number of halogens is 1. The van der Waals surface area contributed by atoms with Crippen LogP contribution in [0, 0.1) is 0 Å². The molecule has 2 saturated heterocycles. The van der Waals surface area contributed by atoms with Gasteiger partial charge in [-0.15, -0.1) is 0 Å². The molecule has 5 heterocycles. The van der Waals surface area contributed by atoms with E-state index < -0.39 is 6.04 Å². The second-order valence-corrected chi connectivity index (χ2v) is 12.3. The molecule has 2 unspecified atom stereocenters. The zero-order chi connectivity index (χ0) is 30.8. The standard InChI is InChI=1S/C32H39ClN8O3/c1-19-17-40(12-11-34-19)28-6-4-5-27(38-28)20(2)36-30(42)21(3)41-18-23-8-7-22(15-25(23)31(41)43)29-26(33)16-35-32(39-29)37-24-9-13-44-14-10-24/h4-8,15-16,19-21,24,34H,9-14,17-18H2,1-3H3,(H,36,42)(H,35,37,39)/t19-,20?,21?/m1/s1. The van der Waals surface area contributed by atoms with Crippen LogP contribution in [0.15, 0.2) is 42.6 Å². The van der Waals surface area contributed by atoms with E-state index in [2.05, 4.69) is 37.7 Å². The SMILES string of the molecule is CC(NC(=O)C(C)N1Cc2ccc(-c3nc(NC4CCOCC4)ncc3Cl)cc2C1=O)c1cccc(N2CCN[C@H](C)C2)n1. The van der Waals surface area contributed by atoms with E-state index in [4.69, 9.17) is 21.3 Å². The van der Waals surface area contributed by atoms with E-state index in [0.717, 1.165) is 55.1 Å². The smallest absolute Gasteiger partial charge is 0.255 e. The molecule has 3 aromatic rings. The minimum atomic E-state index is -0.670. The topological polar surface area (TPSA) is 125 Å². The summed E-state index contributed by atoms with van der Waals surface area (Å²) in [6.07, 6.45) is 3.34. The van der Waals surface area contributed by atoms with Gasteiger partial charge in [0.05, 0.1) is 28.6 Å². The van der Waals surface area contributed by atoms with Crippen molar-refractivity contribution in [2.45, 2.75) is 64.3 Å². The quantitative estimate of drug-likeness (QED) is 0.346. The van der Waals surface area contributed by atoms with Crippen molar-refractivity contribution in [3.8, 4) is 11.3 Å². The first kappa shape index (κ1) is 30.2. The lowest BCUT2D eigenvalue weighted by atomic mass is 10.0. The predicted octanol–water partition coefficient (Wildman–Crippen LogP) is 3.80. The summed E-state index contributed by atoms with van der Waals surface area (Å²) >= 11 is 6.51. The van der Waals surface area contributed by atoms with Crippen LogP contribution in [0.2, 0.25) is 5.02 Å². The fourth-order valence-electron chi connectivity index (χ4n) is 5.99. The molecule has 2 aromatic heterocycles. The van der Waals surface area contributed by atoms with Gasteiger partial charge in [-0.2, -0.15) is 0 Å². The Bertz CT molecular complexity index is 1530. The summed E-state index contributed by atoms with van der Waals surface area (Å²) in [5.74, 6) is 0.966. The summed E-state index contributed by atoms with van der Waals surface area (Å²) in [6.45, 7) is 10.3. The van der Waals surface area contributed by atoms with Crippen molar-refractivity contribution in [1.29, 1.82) is 0 Å². The Morgan fingerprint density at radius 2 is 1.98 bits per heavy atom. The average Bonchev–Trinajstić information content (AvgIpc) is 3.37. The molecule has 3 aliphatic rings. The summed E-state index contributed by atoms with van der Waals surface area (Å²) < 4.78 is 5.44. The van der Waals surface area contributed by atoms with Gasteiger partial charge in [-0.3, -0.25) is 9.59 Å². The fourth-order valence-corrected chi connectivity index (χ4v) is 6.19. The number of benzene rings is 1. The number of carbonyl (C=O) groups excluding carboxylic acids is 2. The minimum absolute atomic E-state index is 0.198. The van der Waals surface area contributed by atoms with Gasteiger partial charge in [0.1, 0.15) is 11.9 Å². The second-order valence-electron chi connectivity index (χ2n) is 11.9. The number of piperazine rings is 1. The van der Waals surface area contributed by atoms with Crippen LogP contribution in [0.5, 0.6) is 0 Å². The normalized spacial score (nSPS) is 20.3. The molecule has 232 valence electrons. The lowest BCUT2D eigenvalue weighted by Crippen LogP contribution is -2.49. The monoisotopic (exact) mass is 618 g/mol. The molecule has 0 radical (unpaired) electrons. The van der Waals surface area contributed by atoms with Crippen LogP contribution < -0.4 is 20.9 Å². The van der Waals surface area contributed by atoms with Crippen molar-refractivity contribution in [3.63, 3.8) is 0 Å². The number of amides is 2. The molecule has 6 rings (SSSR count). The Kier molecular flexibility index (Phi) is 8.97. The summed E-state index contributed by atoms with van der Waals surface area (Å²) in [4.78, 5) is 44.7. The van der Waals surface area contributed by atoms with Gasteiger partial charge in [-0.05, 0) is 57.4 Å². The number of rotatable bonds is 8. The van der Waals surface area contributed by atoms with Crippen LogP contribution in [0.25, 0.3) is 11.3 Å². The highest BCUT2D eigenvalue weighted by molar-refractivity contribution is 6.33. The van der Waals surface area contributed by atoms with Crippen molar-refractivity contribution in [1.82, 2.24) is 30.5 Å². The summed E-state index contributed by atoms with van der Waals surface area (Å²) in [5, 5.41) is 10.3. The Labute approximate surface area is 262 Å². The molecule has 0 bridgehead atoms. The third-order valence-electron chi connectivity index (χ3n) is 8.61. The summed E-state index contributed by atoms with van der Waals surface area (Å²) in [5.41, 5.74) is 3.45. The maximum atomic E-state index is 13.6. The number of aromatic nitrogens is 3. The van der Waals surface area contributed by atoms with Crippen LogP contribution in [-0.4, -0.2) is 82.6 Å². The molecule has 3 aliphatic heterocycles. The maximum Gasteiger partial charge on any atom is 0.255 e. The number of hydrogen-bond donors (Lipinski definition) is 3. The Balaban J connectivity index is 1.12. The number of hydrogen-bond acceptors (Lipinski definition) is 9. The molecular formula is C32H39ClN8O3. The number of nitrogens with zero attached hydrogens (tertiary/aromatic N) is 5. The molecule has 1 aromatic carbocycles. The van der Waals surface area contributed by atoms with Crippen LogP contribution in [0.3, 0.4) is 0 Å². The Morgan fingerprint density at radius 1 is 1.16 bits per heavy atom. The summed E-state index contributed by atoms with van der Waals surface area (Å²) in [7, 11) is 0. The highest BCUT2D eigenvalue weighted by Crippen LogP contribution is 2.32. The highest BCUT2D eigenvalue weighted by atomic mass is 35.5.